The van der Waals surface area contributed by atoms with E-state index in [-0.39, 0.29) is 19.8 Å². The summed E-state index contributed by atoms with van der Waals surface area (Å²) in [5.41, 5.74) is 0. The minimum atomic E-state index is -3.97. The van der Waals surface area contributed by atoms with E-state index in [2.05, 4.69) is 5.32 Å². The second-order valence-electron chi connectivity index (χ2n) is 4.25. The predicted octanol–water partition coefficient (Wildman–Crippen LogP) is 1.60. The highest BCUT2D eigenvalue weighted by atomic mass is 35.5. The van der Waals surface area contributed by atoms with Crippen LogP contribution in [-0.2, 0) is 14.6 Å². The molecule has 1 heterocycles. The maximum absolute atomic E-state index is 12.6. The Kier molecular flexibility index (Phi) is 4.85. The second-order valence-corrected chi connectivity index (χ2v) is 7.65. The van der Waals surface area contributed by atoms with Crippen molar-refractivity contribution in [2.45, 2.75) is 16.7 Å². The Morgan fingerprint density at radius 1 is 1.36 bits per heavy atom. The van der Waals surface area contributed by atoms with E-state index in [1.807, 2.05) is 0 Å². The molecule has 2 rings (SSSR count). The first-order chi connectivity index (χ1) is 10.2. The summed E-state index contributed by atoms with van der Waals surface area (Å²) in [5, 5.41) is 21.3. The molecule has 0 aliphatic carbocycles. The monoisotopic (exact) mass is 362 g/mol. The fourth-order valence-corrected chi connectivity index (χ4v) is 4.48. The Bertz CT molecular complexity index is 799. The number of rotatable bonds is 4. The van der Waals surface area contributed by atoms with Gasteiger partial charge in [0, 0.05) is 18.0 Å². The molecule has 1 unspecified atom stereocenters. The number of thiophene rings is 1. The van der Waals surface area contributed by atoms with Crippen LogP contribution in [0.1, 0.15) is 6.92 Å². The lowest BCUT2D eigenvalue weighted by Gasteiger charge is -2.07. The van der Waals surface area contributed by atoms with Gasteiger partial charge in [-0.1, -0.05) is 22.9 Å². The Morgan fingerprint density at radius 2 is 1.95 bits per heavy atom. The quantitative estimate of drug-likeness (QED) is 0.715. The van der Waals surface area contributed by atoms with Crippen LogP contribution in [0, 0.1) is 5.21 Å². The second kappa shape index (κ2) is 6.32. The highest BCUT2D eigenvalue weighted by molar-refractivity contribution is 7.91. The van der Waals surface area contributed by atoms with Crippen LogP contribution in [0.5, 0.6) is 0 Å². The summed E-state index contributed by atoms with van der Waals surface area (Å²) in [4.78, 5) is 10.9. The number of hydrogen-bond acceptors (Lipinski definition) is 6. The molecule has 0 spiro atoms. The third-order valence-corrected chi connectivity index (χ3v) is 5.83. The molecule has 1 aromatic heterocycles. The van der Waals surface area contributed by atoms with Gasteiger partial charge >= 0.3 is 0 Å². The van der Waals surface area contributed by atoms with Crippen LogP contribution in [0.4, 0.5) is 10.0 Å². The van der Waals surface area contributed by atoms with E-state index < -0.39 is 21.0 Å². The van der Waals surface area contributed by atoms with E-state index in [1.54, 1.807) is 0 Å². The zero-order valence-corrected chi connectivity index (χ0v) is 13.6. The van der Waals surface area contributed by atoms with Crippen molar-refractivity contribution in [3.8, 4) is 0 Å². The van der Waals surface area contributed by atoms with E-state index in [1.165, 1.54) is 31.2 Å². The van der Waals surface area contributed by atoms with Crippen molar-refractivity contribution >= 4 is 48.7 Å². The zero-order valence-electron chi connectivity index (χ0n) is 11.2. The normalized spacial score (nSPS) is 12.9. The summed E-state index contributed by atoms with van der Waals surface area (Å²) in [7, 11) is -3.97. The highest BCUT2D eigenvalue weighted by Gasteiger charge is 2.27. The summed E-state index contributed by atoms with van der Waals surface area (Å²) in [6, 6.07) is 6.48. The molecule has 118 valence electrons. The lowest BCUT2D eigenvalue weighted by atomic mass is 10.4. The van der Waals surface area contributed by atoms with Crippen molar-refractivity contribution < 1.29 is 23.6 Å². The molecular weight excluding hydrogens is 352 g/mol. The van der Waals surface area contributed by atoms with E-state index in [0.717, 1.165) is 6.07 Å². The van der Waals surface area contributed by atoms with Crippen LogP contribution in [0.2, 0.25) is 5.02 Å². The standard InChI is InChI=1S/C12H11ClN2O5S2/c1-7(16)14-12-10(6-11(21-12)15(17)18)22(19,20)9-4-2-8(13)3-5-9/h2-6,15,17H,1H3,(H,14,16). The Labute approximate surface area is 135 Å². The molecule has 10 heteroatoms. The van der Waals surface area contributed by atoms with Gasteiger partial charge in [0.25, 0.3) is 0 Å². The summed E-state index contributed by atoms with van der Waals surface area (Å²) in [6.45, 7) is 1.21. The SMILES string of the molecule is CC(=O)Nc1sc([NH+]([O-])O)cc1S(=O)(=O)c1ccc(Cl)cc1. The van der Waals surface area contributed by atoms with E-state index in [4.69, 9.17) is 16.8 Å². The molecule has 0 aliphatic rings. The molecule has 0 aliphatic heterocycles. The number of benzene rings is 1. The molecule has 0 fully saturated rings. The molecule has 1 atom stereocenters. The predicted molar refractivity (Wildman–Crippen MR) is 81.3 cm³/mol. The summed E-state index contributed by atoms with van der Waals surface area (Å²) in [5.74, 6) is -0.494. The Morgan fingerprint density at radius 3 is 2.45 bits per heavy atom. The zero-order chi connectivity index (χ0) is 16.5. The lowest BCUT2D eigenvalue weighted by Crippen LogP contribution is -2.98. The van der Waals surface area contributed by atoms with Crippen LogP contribution < -0.4 is 10.5 Å². The number of nitrogens with one attached hydrogen (secondary N) is 2. The van der Waals surface area contributed by atoms with Gasteiger partial charge in [-0.25, -0.2) is 13.6 Å². The fraction of sp³-hybridized carbons (Fsp3) is 0.0833. The first-order valence-electron chi connectivity index (χ1n) is 5.87. The average molecular weight is 363 g/mol. The fourth-order valence-electron chi connectivity index (χ4n) is 1.67. The largest absolute Gasteiger partial charge is 0.594 e. The number of hydrogen-bond donors (Lipinski definition) is 3. The number of carbonyl (C=O) groups is 1. The minimum Gasteiger partial charge on any atom is -0.594 e. The number of anilines is 1. The van der Waals surface area contributed by atoms with Crippen molar-refractivity contribution in [1.82, 2.24) is 0 Å². The third-order valence-electron chi connectivity index (χ3n) is 2.61. The maximum Gasteiger partial charge on any atom is 0.222 e. The van der Waals surface area contributed by atoms with Crippen LogP contribution in [-0.4, -0.2) is 19.5 Å². The average Bonchev–Trinajstić information content (AvgIpc) is 2.83. The van der Waals surface area contributed by atoms with Gasteiger partial charge in [-0.05, 0) is 24.3 Å². The van der Waals surface area contributed by atoms with E-state index in [0.29, 0.717) is 16.4 Å². The van der Waals surface area contributed by atoms with Gasteiger partial charge in [0.2, 0.25) is 20.7 Å². The van der Waals surface area contributed by atoms with Crippen LogP contribution in [0.3, 0.4) is 0 Å². The first kappa shape index (κ1) is 16.9. The molecule has 0 saturated heterocycles. The summed E-state index contributed by atoms with van der Waals surface area (Å²) >= 11 is 6.41. The molecule has 1 amide bonds. The van der Waals surface area contributed by atoms with Gasteiger partial charge in [-0.2, -0.15) is 5.23 Å². The molecule has 7 nitrogen and oxygen atoms in total. The molecule has 1 aromatic carbocycles. The summed E-state index contributed by atoms with van der Waals surface area (Å²) in [6.07, 6.45) is 0. The molecular formula is C12H11ClN2O5S2. The minimum absolute atomic E-state index is 0.0279. The summed E-state index contributed by atoms with van der Waals surface area (Å²) < 4.78 is 25.2. The Balaban J connectivity index is 2.58. The molecule has 0 saturated carbocycles. The topological polar surface area (TPSA) is 111 Å². The van der Waals surface area contributed by atoms with Gasteiger partial charge in [0.1, 0.15) is 9.90 Å². The smallest absolute Gasteiger partial charge is 0.222 e. The Hall–Kier alpha value is -1.49. The van der Waals surface area contributed by atoms with Gasteiger partial charge in [-0.15, -0.1) is 0 Å². The van der Waals surface area contributed by atoms with Gasteiger partial charge < -0.3 is 10.5 Å². The van der Waals surface area contributed by atoms with Crippen LogP contribution >= 0.6 is 22.9 Å². The van der Waals surface area contributed by atoms with E-state index >= 15 is 0 Å². The number of carbonyl (C=O) groups excluding carboxylic acids is 1. The maximum atomic E-state index is 12.6. The van der Waals surface area contributed by atoms with E-state index in [9.17, 15) is 18.4 Å². The van der Waals surface area contributed by atoms with Crippen LogP contribution in [0.15, 0.2) is 40.1 Å². The molecule has 0 radical (unpaired) electrons. The first-order valence-corrected chi connectivity index (χ1v) is 8.55. The number of quaternary nitrogens is 1. The molecule has 2 aromatic rings. The van der Waals surface area contributed by atoms with Crippen molar-refractivity contribution in [2.75, 3.05) is 5.32 Å². The van der Waals surface area contributed by atoms with Crippen molar-refractivity contribution in [3.63, 3.8) is 0 Å². The van der Waals surface area contributed by atoms with Gasteiger partial charge in [0.15, 0.2) is 0 Å². The van der Waals surface area contributed by atoms with Gasteiger partial charge in [-0.3, -0.25) is 4.79 Å². The highest BCUT2D eigenvalue weighted by Crippen LogP contribution is 2.36. The molecule has 22 heavy (non-hydrogen) atoms. The van der Waals surface area contributed by atoms with Gasteiger partial charge in [0.05, 0.1) is 4.90 Å². The van der Waals surface area contributed by atoms with Crippen LogP contribution in [0.25, 0.3) is 0 Å². The van der Waals surface area contributed by atoms with Crippen molar-refractivity contribution in [1.29, 1.82) is 0 Å². The lowest BCUT2D eigenvalue weighted by molar-refractivity contribution is -0.989. The molecule has 3 N–H and O–H groups in total. The van der Waals surface area contributed by atoms with Crippen molar-refractivity contribution in [2.24, 2.45) is 0 Å². The number of amides is 1. The molecule has 0 bridgehead atoms. The number of sulfone groups is 1. The number of halogens is 1. The van der Waals surface area contributed by atoms with Crippen molar-refractivity contribution in [3.05, 3.63) is 40.6 Å². The third kappa shape index (κ3) is 3.46.